The Balaban J connectivity index is 1.46. The van der Waals surface area contributed by atoms with Gasteiger partial charge in [-0.2, -0.15) is 4.98 Å². The Kier molecular flexibility index (Phi) is 5.41. The Morgan fingerprint density at radius 1 is 1.12 bits per heavy atom. The number of carbonyl (C=O) groups is 1. The molecule has 1 heterocycles. The van der Waals surface area contributed by atoms with E-state index in [0.717, 1.165) is 12.0 Å². The van der Waals surface area contributed by atoms with Gasteiger partial charge in [0, 0.05) is 5.56 Å². The van der Waals surface area contributed by atoms with Gasteiger partial charge < -0.3 is 14.6 Å². The number of benzene rings is 2. The smallest absolute Gasteiger partial charge is 0.258 e. The number of carbonyl (C=O) groups excluding carboxylic acids is 1. The number of hydrogen-bond donors (Lipinski definition) is 1. The molecule has 3 aromatic rings. The average molecular weight is 337 g/mol. The van der Waals surface area contributed by atoms with E-state index in [1.807, 2.05) is 54.6 Å². The van der Waals surface area contributed by atoms with Gasteiger partial charge >= 0.3 is 0 Å². The molecule has 0 aliphatic heterocycles. The van der Waals surface area contributed by atoms with Crippen LogP contribution in [0.1, 0.15) is 18.4 Å². The lowest BCUT2D eigenvalue weighted by atomic mass is 10.2. The second-order valence-corrected chi connectivity index (χ2v) is 5.44. The highest BCUT2D eigenvalue weighted by molar-refractivity contribution is 5.77. The zero-order chi connectivity index (χ0) is 17.5. The van der Waals surface area contributed by atoms with Crippen molar-refractivity contribution in [3.8, 4) is 17.1 Å². The van der Waals surface area contributed by atoms with Crippen LogP contribution in [0.15, 0.2) is 59.1 Å². The quantitative estimate of drug-likeness (QED) is 0.717. The van der Waals surface area contributed by atoms with Gasteiger partial charge in [-0.1, -0.05) is 54.5 Å². The maximum Gasteiger partial charge on any atom is 0.258 e. The van der Waals surface area contributed by atoms with E-state index < -0.39 is 0 Å². The molecule has 2 aromatic carbocycles. The van der Waals surface area contributed by atoms with Gasteiger partial charge in [0.2, 0.25) is 11.7 Å². The molecular formula is C19H19N3O3. The molecule has 0 aliphatic rings. The third-order valence-corrected chi connectivity index (χ3v) is 3.64. The van der Waals surface area contributed by atoms with Crippen LogP contribution < -0.4 is 10.1 Å². The minimum Gasteiger partial charge on any atom is -0.484 e. The molecule has 3 rings (SSSR count). The van der Waals surface area contributed by atoms with E-state index in [4.69, 9.17) is 9.26 Å². The molecule has 0 saturated carbocycles. The fourth-order valence-corrected chi connectivity index (χ4v) is 2.23. The van der Waals surface area contributed by atoms with Crippen molar-refractivity contribution < 1.29 is 14.1 Å². The number of amides is 1. The van der Waals surface area contributed by atoms with E-state index >= 15 is 0 Å². The van der Waals surface area contributed by atoms with Crippen molar-refractivity contribution in [2.75, 3.05) is 6.61 Å². The van der Waals surface area contributed by atoms with Gasteiger partial charge in [0.05, 0.1) is 6.54 Å². The summed E-state index contributed by atoms with van der Waals surface area (Å²) in [6.45, 7) is 2.19. The van der Waals surface area contributed by atoms with E-state index in [0.29, 0.717) is 17.5 Å². The Morgan fingerprint density at radius 3 is 2.60 bits per heavy atom. The van der Waals surface area contributed by atoms with Crippen LogP contribution in [-0.2, 0) is 17.8 Å². The SMILES string of the molecule is CCc1ccc(OCC(=O)NCc2nc(-c3ccccc3)no2)cc1. The average Bonchev–Trinajstić information content (AvgIpc) is 3.15. The molecule has 0 radical (unpaired) electrons. The van der Waals surface area contributed by atoms with Crippen LogP contribution in [0, 0.1) is 0 Å². The topological polar surface area (TPSA) is 77.2 Å². The predicted octanol–water partition coefficient (Wildman–Crippen LogP) is 2.99. The summed E-state index contributed by atoms with van der Waals surface area (Å²) in [6.07, 6.45) is 0.968. The van der Waals surface area contributed by atoms with E-state index in [1.165, 1.54) is 5.56 Å². The highest BCUT2D eigenvalue weighted by atomic mass is 16.5. The van der Waals surface area contributed by atoms with Gasteiger partial charge in [-0.15, -0.1) is 0 Å². The third-order valence-electron chi connectivity index (χ3n) is 3.64. The molecule has 0 bridgehead atoms. The molecule has 6 nitrogen and oxygen atoms in total. The summed E-state index contributed by atoms with van der Waals surface area (Å²) in [4.78, 5) is 16.1. The molecular weight excluding hydrogens is 318 g/mol. The largest absolute Gasteiger partial charge is 0.484 e. The van der Waals surface area contributed by atoms with Crippen molar-refractivity contribution in [2.45, 2.75) is 19.9 Å². The summed E-state index contributed by atoms with van der Waals surface area (Å²) in [7, 11) is 0. The van der Waals surface area contributed by atoms with Crippen LogP contribution >= 0.6 is 0 Å². The second-order valence-electron chi connectivity index (χ2n) is 5.44. The van der Waals surface area contributed by atoms with Crippen molar-refractivity contribution >= 4 is 5.91 Å². The number of aryl methyl sites for hydroxylation is 1. The van der Waals surface area contributed by atoms with Crippen LogP contribution in [-0.4, -0.2) is 22.7 Å². The fourth-order valence-electron chi connectivity index (χ4n) is 2.23. The molecule has 1 amide bonds. The Labute approximate surface area is 145 Å². The van der Waals surface area contributed by atoms with Crippen molar-refractivity contribution in [3.05, 3.63) is 66.1 Å². The van der Waals surface area contributed by atoms with Crippen LogP contribution in [0.2, 0.25) is 0 Å². The lowest BCUT2D eigenvalue weighted by Gasteiger charge is -2.06. The summed E-state index contributed by atoms with van der Waals surface area (Å²) in [5.74, 6) is 1.26. The van der Waals surface area contributed by atoms with Crippen molar-refractivity contribution in [3.63, 3.8) is 0 Å². The number of nitrogens with zero attached hydrogens (tertiary/aromatic N) is 2. The minimum absolute atomic E-state index is 0.0643. The summed E-state index contributed by atoms with van der Waals surface area (Å²) in [5, 5.41) is 6.60. The van der Waals surface area contributed by atoms with E-state index in [-0.39, 0.29) is 19.1 Å². The van der Waals surface area contributed by atoms with Gasteiger partial charge in [0.1, 0.15) is 5.75 Å². The summed E-state index contributed by atoms with van der Waals surface area (Å²) in [6, 6.07) is 17.2. The fraction of sp³-hybridized carbons (Fsp3) is 0.211. The molecule has 0 aliphatic carbocycles. The van der Waals surface area contributed by atoms with Crippen LogP contribution in [0.25, 0.3) is 11.4 Å². The lowest BCUT2D eigenvalue weighted by molar-refractivity contribution is -0.123. The standard InChI is InChI=1S/C19H19N3O3/c1-2-14-8-10-16(11-9-14)24-13-17(23)20-12-18-21-19(22-25-18)15-6-4-3-5-7-15/h3-11H,2,12-13H2,1H3,(H,20,23). The third kappa shape index (κ3) is 4.67. The molecule has 128 valence electrons. The number of aromatic nitrogens is 2. The van der Waals surface area contributed by atoms with Crippen LogP contribution in [0.3, 0.4) is 0 Å². The first-order chi connectivity index (χ1) is 12.2. The zero-order valence-corrected chi connectivity index (χ0v) is 13.9. The first-order valence-electron chi connectivity index (χ1n) is 8.11. The molecule has 1 aromatic heterocycles. The summed E-state index contributed by atoms with van der Waals surface area (Å²) < 4.78 is 10.6. The van der Waals surface area contributed by atoms with E-state index in [2.05, 4.69) is 22.4 Å². The highest BCUT2D eigenvalue weighted by Crippen LogP contribution is 2.15. The van der Waals surface area contributed by atoms with E-state index in [9.17, 15) is 4.79 Å². The van der Waals surface area contributed by atoms with Crippen molar-refractivity contribution in [1.29, 1.82) is 0 Å². The molecule has 0 spiro atoms. The maximum atomic E-state index is 11.9. The number of rotatable bonds is 7. The molecule has 6 heteroatoms. The second kappa shape index (κ2) is 8.10. The monoisotopic (exact) mass is 337 g/mol. The lowest BCUT2D eigenvalue weighted by Crippen LogP contribution is -2.28. The first-order valence-corrected chi connectivity index (χ1v) is 8.11. The van der Waals surface area contributed by atoms with Crippen molar-refractivity contribution in [2.24, 2.45) is 0 Å². The zero-order valence-electron chi connectivity index (χ0n) is 13.9. The highest BCUT2D eigenvalue weighted by Gasteiger charge is 2.10. The minimum atomic E-state index is -0.251. The van der Waals surface area contributed by atoms with Gasteiger partial charge in [-0.3, -0.25) is 4.79 Å². The van der Waals surface area contributed by atoms with Gasteiger partial charge in [0.25, 0.3) is 5.91 Å². The van der Waals surface area contributed by atoms with Crippen molar-refractivity contribution in [1.82, 2.24) is 15.5 Å². The van der Waals surface area contributed by atoms with Gasteiger partial charge in [-0.25, -0.2) is 0 Å². The Morgan fingerprint density at radius 2 is 1.88 bits per heavy atom. The molecule has 0 saturated heterocycles. The Bertz CT molecular complexity index is 813. The maximum absolute atomic E-state index is 11.9. The van der Waals surface area contributed by atoms with Gasteiger partial charge in [-0.05, 0) is 24.1 Å². The Hall–Kier alpha value is -3.15. The van der Waals surface area contributed by atoms with Crippen LogP contribution in [0.5, 0.6) is 5.75 Å². The normalized spacial score (nSPS) is 10.4. The molecule has 25 heavy (non-hydrogen) atoms. The number of hydrogen-bond acceptors (Lipinski definition) is 5. The molecule has 1 N–H and O–H groups in total. The number of nitrogens with one attached hydrogen (secondary N) is 1. The summed E-state index contributed by atoms with van der Waals surface area (Å²) in [5.41, 5.74) is 2.09. The number of ether oxygens (including phenoxy) is 1. The van der Waals surface area contributed by atoms with Gasteiger partial charge in [0.15, 0.2) is 6.61 Å². The van der Waals surface area contributed by atoms with E-state index in [1.54, 1.807) is 0 Å². The summed E-state index contributed by atoms with van der Waals surface area (Å²) >= 11 is 0. The first kappa shape index (κ1) is 16.7. The molecule has 0 atom stereocenters. The van der Waals surface area contributed by atoms with Crippen LogP contribution in [0.4, 0.5) is 0 Å². The molecule has 0 fully saturated rings. The molecule has 0 unspecified atom stereocenters. The predicted molar refractivity (Wildman–Crippen MR) is 92.9 cm³/mol.